The second kappa shape index (κ2) is 12.8. The maximum Gasteiger partial charge on any atom is 0.170 e. The lowest BCUT2D eigenvalue weighted by molar-refractivity contribution is -0.183. The zero-order valence-corrected chi connectivity index (χ0v) is 21.9. The van der Waals surface area contributed by atoms with E-state index in [0.717, 1.165) is 58.4 Å². The van der Waals surface area contributed by atoms with Gasteiger partial charge in [0.25, 0.3) is 0 Å². The Kier molecular flexibility index (Phi) is 10.1. The van der Waals surface area contributed by atoms with Crippen LogP contribution >= 0.6 is 0 Å². The van der Waals surface area contributed by atoms with Crippen molar-refractivity contribution in [3.05, 3.63) is 70.5 Å². The number of hydrogen-bond donors (Lipinski definition) is 0. The first kappa shape index (κ1) is 26.8. The van der Waals surface area contributed by atoms with E-state index in [4.69, 9.17) is 9.47 Å². The van der Waals surface area contributed by atoms with Crippen molar-refractivity contribution in [2.45, 2.75) is 83.8 Å². The monoisotopic (exact) mass is 469 g/mol. The van der Waals surface area contributed by atoms with Gasteiger partial charge in [0.05, 0.1) is 13.2 Å². The van der Waals surface area contributed by atoms with Gasteiger partial charge in [-0.25, -0.2) is 4.39 Å². The van der Waals surface area contributed by atoms with Crippen molar-refractivity contribution in [3.8, 4) is 0 Å². The van der Waals surface area contributed by atoms with Crippen molar-refractivity contribution in [1.82, 2.24) is 4.90 Å². The normalized spacial score (nSPS) is 23.0. The van der Waals surface area contributed by atoms with E-state index < -0.39 is 0 Å². The number of ether oxygens (including phenoxy) is 2. The van der Waals surface area contributed by atoms with E-state index in [-0.39, 0.29) is 11.6 Å². The standard InChI is InChI=1S/C19H21F.C8H15NO2.C3H8/c1-3-6-17-13(2)19-12-16(20)10-9-15(19)11-14-7-4-5-8-18(14)17;1-9-4-2-8(3-5-9)10-6-7-11-8;1-3-2/h4-5,7-10,12-13,17H,3,6,11H2,1-2H3;2-7H2,1H3;3H2,1-2H3/t13-,17+;;/m1../s1. The lowest BCUT2D eigenvalue weighted by atomic mass is 9.80. The molecule has 0 amide bonds. The molecule has 2 fully saturated rings. The molecule has 2 saturated heterocycles. The van der Waals surface area contributed by atoms with E-state index in [1.807, 2.05) is 6.07 Å². The van der Waals surface area contributed by atoms with Crippen LogP contribution in [0.25, 0.3) is 0 Å². The quantitative estimate of drug-likeness (QED) is 0.461. The van der Waals surface area contributed by atoms with Crippen LogP contribution < -0.4 is 0 Å². The Balaban J connectivity index is 0.000000194. The van der Waals surface area contributed by atoms with Gasteiger partial charge in [-0.15, -0.1) is 0 Å². The second-order valence-electron chi connectivity index (χ2n) is 10.0. The van der Waals surface area contributed by atoms with E-state index >= 15 is 0 Å². The first-order chi connectivity index (χ1) is 16.4. The number of fused-ring (bicyclic) bond motifs is 2. The van der Waals surface area contributed by atoms with Crippen LogP contribution in [-0.2, 0) is 15.9 Å². The Labute approximate surface area is 206 Å². The molecule has 0 unspecified atom stereocenters. The summed E-state index contributed by atoms with van der Waals surface area (Å²) in [5.74, 6) is 0.576. The minimum absolute atomic E-state index is 0.114. The fourth-order valence-electron chi connectivity index (χ4n) is 5.36. The Morgan fingerprint density at radius 1 is 0.941 bits per heavy atom. The number of benzene rings is 2. The highest BCUT2D eigenvalue weighted by Crippen LogP contribution is 2.42. The maximum atomic E-state index is 13.6. The Morgan fingerprint density at radius 2 is 1.56 bits per heavy atom. The van der Waals surface area contributed by atoms with Gasteiger partial charge in [0, 0.05) is 25.9 Å². The van der Waals surface area contributed by atoms with Gasteiger partial charge in [0.15, 0.2) is 5.79 Å². The molecule has 4 heteroatoms. The number of piperidine rings is 1. The average molecular weight is 470 g/mol. The maximum absolute atomic E-state index is 13.6. The summed E-state index contributed by atoms with van der Waals surface area (Å²) >= 11 is 0. The molecule has 34 heavy (non-hydrogen) atoms. The molecule has 1 aliphatic carbocycles. The first-order valence-electron chi connectivity index (χ1n) is 13.3. The van der Waals surface area contributed by atoms with Gasteiger partial charge in [-0.2, -0.15) is 0 Å². The van der Waals surface area contributed by atoms with Crippen LogP contribution in [-0.4, -0.2) is 44.0 Å². The molecule has 0 aromatic heterocycles. The molecule has 0 radical (unpaired) electrons. The summed E-state index contributed by atoms with van der Waals surface area (Å²) < 4.78 is 24.8. The Bertz CT molecular complexity index is 883. The molecule has 0 bridgehead atoms. The first-order valence-corrected chi connectivity index (χ1v) is 13.3. The van der Waals surface area contributed by atoms with E-state index in [1.165, 1.54) is 28.7 Å². The van der Waals surface area contributed by atoms with Crippen molar-refractivity contribution < 1.29 is 13.9 Å². The van der Waals surface area contributed by atoms with Crippen LogP contribution in [0.4, 0.5) is 4.39 Å². The predicted molar refractivity (Wildman–Crippen MR) is 139 cm³/mol. The van der Waals surface area contributed by atoms with E-state index in [0.29, 0.717) is 11.8 Å². The van der Waals surface area contributed by atoms with Crippen molar-refractivity contribution >= 4 is 0 Å². The molecular weight excluding hydrogens is 425 g/mol. The van der Waals surface area contributed by atoms with Crippen LogP contribution in [0.3, 0.4) is 0 Å². The summed E-state index contributed by atoms with van der Waals surface area (Å²) in [6, 6.07) is 14.0. The largest absolute Gasteiger partial charge is 0.347 e. The summed E-state index contributed by atoms with van der Waals surface area (Å²) in [4.78, 5) is 2.32. The van der Waals surface area contributed by atoms with Gasteiger partial charge >= 0.3 is 0 Å². The van der Waals surface area contributed by atoms with Crippen molar-refractivity contribution in [2.75, 3.05) is 33.4 Å². The summed E-state index contributed by atoms with van der Waals surface area (Å²) in [6.45, 7) is 12.5. The molecule has 1 spiro atoms. The molecule has 3 nitrogen and oxygen atoms in total. The molecular formula is C30H44FNO2. The molecule has 5 rings (SSSR count). The van der Waals surface area contributed by atoms with Gasteiger partial charge in [0.1, 0.15) is 5.82 Å². The number of likely N-dealkylation sites (tertiary alicyclic amines) is 1. The topological polar surface area (TPSA) is 21.7 Å². The Hall–Kier alpha value is -1.75. The minimum atomic E-state index is -0.188. The summed E-state index contributed by atoms with van der Waals surface area (Å²) in [5.41, 5.74) is 5.34. The number of nitrogens with zero attached hydrogens (tertiary/aromatic N) is 1. The highest BCUT2D eigenvalue weighted by atomic mass is 19.1. The van der Waals surface area contributed by atoms with Gasteiger partial charge in [-0.1, -0.05) is 70.9 Å². The summed E-state index contributed by atoms with van der Waals surface area (Å²) in [5, 5.41) is 0. The summed E-state index contributed by atoms with van der Waals surface area (Å²) in [6.07, 6.45) is 6.56. The van der Waals surface area contributed by atoms with E-state index in [1.54, 1.807) is 12.1 Å². The zero-order chi connectivity index (χ0) is 24.6. The number of rotatable bonds is 2. The Morgan fingerprint density at radius 3 is 2.21 bits per heavy atom. The van der Waals surface area contributed by atoms with Gasteiger partial charge < -0.3 is 14.4 Å². The van der Waals surface area contributed by atoms with Gasteiger partial charge in [-0.3, -0.25) is 0 Å². The smallest absolute Gasteiger partial charge is 0.170 e. The third kappa shape index (κ3) is 6.68. The number of halogens is 1. The lowest BCUT2D eigenvalue weighted by Crippen LogP contribution is -2.43. The zero-order valence-electron chi connectivity index (χ0n) is 21.9. The average Bonchev–Trinajstić information content (AvgIpc) is 3.26. The van der Waals surface area contributed by atoms with Crippen LogP contribution in [0.1, 0.15) is 93.9 Å². The molecule has 0 saturated carbocycles. The minimum Gasteiger partial charge on any atom is -0.347 e. The van der Waals surface area contributed by atoms with Crippen LogP contribution in [0.15, 0.2) is 42.5 Å². The predicted octanol–water partition coefficient (Wildman–Crippen LogP) is 7.29. The third-order valence-electron chi connectivity index (χ3n) is 7.20. The van der Waals surface area contributed by atoms with Crippen molar-refractivity contribution in [2.24, 2.45) is 0 Å². The molecule has 2 heterocycles. The molecule has 3 aliphatic rings. The van der Waals surface area contributed by atoms with Crippen LogP contribution in [0.2, 0.25) is 0 Å². The molecule has 2 aromatic rings. The second-order valence-corrected chi connectivity index (χ2v) is 10.0. The van der Waals surface area contributed by atoms with E-state index in [9.17, 15) is 4.39 Å². The fraction of sp³-hybridized carbons (Fsp3) is 0.600. The summed E-state index contributed by atoms with van der Waals surface area (Å²) in [7, 11) is 2.14. The number of hydrogen-bond acceptors (Lipinski definition) is 3. The molecule has 0 N–H and O–H groups in total. The van der Waals surface area contributed by atoms with Crippen molar-refractivity contribution in [3.63, 3.8) is 0 Å². The SMILES string of the molecule is CCC.CCC[C@@H]1c2ccccc2Cc2ccc(F)cc2[C@@H]1C.CN1CCC2(CC1)OCCO2. The highest BCUT2D eigenvalue weighted by Gasteiger charge is 2.38. The van der Waals surface area contributed by atoms with Crippen LogP contribution in [0.5, 0.6) is 0 Å². The molecule has 2 aliphatic heterocycles. The lowest BCUT2D eigenvalue weighted by Gasteiger charge is -2.35. The highest BCUT2D eigenvalue weighted by molar-refractivity contribution is 5.45. The third-order valence-corrected chi connectivity index (χ3v) is 7.20. The van der Waals surface area contributed by atoms with Crippen LogP contribution in [0, 0.1) is 5.82 Å². The molecule has 2 aromatic carbocycles. The molecule has 2 atom stereocenters. The molecule has 188 valence electrons. The fourth-order valence-corrected chi connectivity index (χ4v) is 5.36. The van der Waals surface area contributed by atoms with E-state index in [2.05, 4.69) is 63.9 Å². The van der Waals surface area contributed by atoms with Gasteiger partial charge in [0.2, 0.25) is 0 Å². The van der Waals surface area contributed by atoms with Gasteiger partial charge in [-0.05, 0) is 66.1 Å². The van der Waals surface area contributed by atoms with Crippen molar-refractivity contribution in [1.29, 1.82) is 0 Å².